The van der Waals surface area contributed by atoms with Gasteiger partial charge in [0.25, 0.3) is 10.0 Å². The maximum atomic E-state index is 12.6. The van der Waals surface area contributed by atoms with Crippen LogP contribution in [0.1, 0.15) is 5.56 Å². The fraction of sp³-hybridized carbons (Fsp3) is 0.0476. The van der Waals surface area contributed by atoms with Crippen molar-refractivity contribution < 1.29 is 8.42 Å². The van der Waals surface area contributed by atoms with E-state index >= 15 is 0 Å². The molecule has 0 saturated carbocycles. The summed E-state index contributed by atoms with van der Waals surface area (Å²) in [6.07, 6.45) is 0. The molecule has 4 rings (SSSR count). The number of anilines is 1. The normalized spacial score (nSPS) is 11.8. The Morgan fingerprint density at radius 1 is 0.808 bits per heavy atom. The number of nitrogens with one attached hydrogen (secondary N) is 1. The molecule has 0 atom stereocenters. The maximum Gasteiger partial charge on any atom is 0.261 e. The number of sulfonamides is 1. The Bertz CT molecular complexity index is 1230. The number of hydrogen-bond donors (Lipinski definition) is 1. The highest BCUT2D eigenvalue weighted by atomic mass is 79.9. The SMILES string of the molecule is Cc1ccc(S(=O)(=O)Nc2ccc3cc(Br)c4ccccc4c3c2)cc1. The second kappa shape index (κ2) is 6.41. The van der Waals surface area contributed by atoms with Crippen LogP contribution in [0, 0.1) is 6.92 Å². The Morgan fingerprint density at radius 2 is 1.50 bits per heavy atom. The monoisotopic (exact) mass is 425 g/mol. The van der Waals surface area contributed by atoms with E-state index in [4.69, 9.17) is 0 Å². The van der Waals surface area contributed by atoms with Crippen LogP contribution in [0.15, 0.2) is 82.2 Å². The summed E-state index contributed by atoms with van der Waals surface area (Å²) >= 11 is 3.61. The van der Waals surface area contributed by atoms with E-state index in [0.29, 0.717) is 5.69 Å². The highest BCUT2D eigenvalue weighted by molar-refractivity contribution is 9.10. The first kappa shape index (κ1) is 17.1. The largest absolute Gasteiger partial charge is 0.280 e. The molecule has 0 amide bonds. The van der Waals surface area contributed by atoms with E-state index in [1.165, 1.54) is 0 Å². The first-order chi connectivity index (χ1) is 12.4. The third-order valence-corrected chi connectivity index (χ3v) is 6.45. The molecule has 0 aliphatic carbocycles. The van der Waals surface area contributed by atoms with Gasteiger partial charge in [0, 0.05) is 10.2 Å². The van der Waals surface area contributed by atoms with E-state index in [1.807, 2.05) is 43.3 Å². The van der Waals surface area contributed by atoms with Gasteiger partial charge in [-0.15, -0.1) is 0 Å². The van der Waals surface area contributed by atoms with Gasteiger partial charge in [0.05, 0.1) is 4.90 Å². The molecule has 0 heterocycles. The molecule has 1 N–H and O–H groups in total. The quantitative estimate of drug-likeness (QED) is 0.417. The van der Waals surface area contributed by atoms with Gasteiger partial charge in [-0.25, -0.2) is 8.42 Å². The zero-order chi connectivity index (χ0) is 18.3. The Hall–Kier alpha value is -2.37. The molecule has 0 aliphatic rings. The fourth-order valence-electron chi connectivity index (χ4n) is 3.05. The molecule has 0 bridgehead atoms. The van der Waals surface area contributed by atoms with Crippen molar-refractivity contribution in [3.05, 3.63) is 82.8 Å². The second-order valence-electron chi connectivity index (χ2n) is 6.26. The number of rotatable bonds is 3. The van der Waals surface area contributed by atoms with Crippen LogP contribution in [-0.2, 0) is 10.0 Å². The zero-order valence-electron chi connectivity index (χ0n) is 14.0. The van der Waals surface area contributed by atoms with Gasteiger partial charge in [0.1, 0.15) is 0 Å². The molecule has 0 saturated heterocycles. The highest BCUT2D eigenvalue weighted by Crippen LogP contribution is 2.33. The van der Waals surface area contributed by atoms with E-state index in [2.05, 4.69) is 26.7 Å². The van der Waals surface area contributed by atoms with Crippen molar-refractivity contribution >= 4 is 53.2 Å². The lowest BCUT2D eigenvalue weighted by atomic mass is 10.0. The number of benzene rings is 4. The van der Waals surface area contributed by atoms with Gasteiger partial charge in [-0.05, 0) is 58.8 Å². The summed E-state index contributed by atoms with van der Waals surface area (Å²) in [4.78, 5) is 0.254. The molecule has 0 aromatic heterocycles. The summed E-state index contributed by atoms with van der Waals surface area (Å²) in [6.45, 7) is 1.93. The van der Waals surface area contributed by atoms with Gasteiger partial charge in [0.15, 0.2) is 0 Å². The first-order valence-corrected chi connectivity index (χ1v) is 10.4. The number of aryl methyl sites for hydroxylation is 1. The van der Waals surface area contributed by atoms with E-state index < -0.39 is 10.0 Å². The molecule has 4 aromatic carbocycles. The van der Waals surface area contributed by atoms with Crippen molar-refractivity contribution in [3.63, 3.8) is 0 Å². The number of hydrogen-bond acceptors (Lipinski definition) is 2. The Labute approximate surface area is 160 Å². The third kappa shape index (κ3) is 3.08. The zero-order valence-corrected chi connectivity index (χ0v) is 16.4. The van der Waals surface area contributed by atoms with Gasteiger partial charge in [-0.2, -0.15) is 0 Å². The standard InChI is InChI=1S/C21H16BrNO2S/c1-14-6-10-17(11-7-14)26(24,25)23-16-9-8-15-12-21(22)19-5-3-2-4-18(19)20(15)13-16/h2-13,23H,1H3. The molecule has 26 heavy (non-hydrogen) atoms. The lowest BCUT2D eigenvalue weighted by molar-refractivity contribution is 0.601. The molecular formula is C21H16BrNO2S. The van der Waals surface area contributed by atoms with Gasteiger partial charge >= 0.3 is 0 Å². The van der Waals surface area contributed by atoms with Gasteiger partial charge < -0.3 is 0 Å². The van der Waals surface area contributed by atoms with Crippen molar-refractivity contribution in [1.82, 2.24) is 0 Å². The molecule has 0 unspecified atom stereocenters. The molecule has 0 radical (unpaired) electrons. The minimum Gasteiger partial charge on any atom is -0.280 e. The van der Waals surface area contributed by atoms with E-state index in [1.54, 1.807) is 30.3 Å². The summed E-state index contributed by atoms with van der Waals surface area (Å²) in [5.74, 6) is 0. The summed E-state index contributed by atoms with van der Waals surface area (Å²) in [6, 6.07) is 22.5. The average molecular weight is 426 g/mol. The van der Waals surface area contributed by atoms with E-state index in [0.717, 1.165) is 31.6 Å². The molecule has 5 heteroatoms. The summed E-state index contributed by atoms with van der Waals surface area (Å²) in [5.41, 5.74) is 1.57. The minimum atomic E-state index is -3.62. The topological polar surface area (TPSA) is 46.2 Å². The molecular weight excluding hydrogens is 410 g/mol. The predicted octanol–water partition coefficient (Wildman–Crippen LogP) is 5.86. The molecule has 130 valence electrons. The van der Waals surface area contributed by atoms with Crippen LogP contribution in [-0.4, -0.2) is 8.42 Å². The van der Waals surface area contributed by atoms with Crippen molar-refractivity contribution in [2.75, 3.05) is 4.72 Å². The van der Waals surface area contributed by atoms with Gasteiger partial charge in [0.2, 0.25) is 0 Å². The predicted molar refractivity (Wildman–Crippen MR) is 111 cm³/mol. The second-order valence-corrected chi connectivity index (χ2v) is 8.80. The Kier molecular flexibility index (Phi) is 4.21. The van der Waals surface area contributed by atoms with Gasteiger partial charge in [-0.1, -0.05) is 64.0 Å². The summed E-state index contributed by atoms with van der Waals surface area (Å²) < 4.78 is 29.0. The number of halogens is 1. The van der Waals surface area contributed by atoms with Crippen LogP contribution < -0.4 is 4.72 Å². The molecule has 0 aliphatic heterocycles. The van der Waals surface area contributed by atoms with Crippen molar-refractivity contribution in [3.8, 4) is 0 Å². The van der Waals surface area contributed by atoms with Crippen LogP contribution in [0.2, 0.25) is 0 Å². The highest BCUT2D eigenvalue weighted by Gasteiger charge is 2.14. The molecule has 3 nitrogen and oxygen atoms in total. The van der Waals surface area contributed by atoms with Crippen LogP contribution in [0.5, 0.6) is 0 Å². The summed E-state index contributed by atoms with van der Waals surface area (Å²) in [5, 5.41) is 4.23. The van der Waals surface area contributed by atoms with E-state index in [9.17, 15) is 8.42 Å². The Balaban J connectivity index is 1.81. The van der Waals surface area contributed by atoms with Crippen LogP contribution >= 0.6 is 15.9 Å². The molecule has 0 spiro atoms. The lowest BCUT2D eigenvalue weighted by Crippen LogP contribution is -2.12. The van der Waals surface area contributed by atoms with E-state index in [-0.39, 0.29) is 4.90 Å². The van der Waals surface area contributed by atoms with Gasteiger partial charge in [-0.3, -0.25) is 4.72 Å². The smallest absolute Gasteiger partial charge is 0.261 e. The van der Waals surface area contributed by atoms with Crippen molar-refractivity contribution in [2.24, 2.45) is 0 Å². The minimum absolute atomic E-state index is 0.254. The first-order valence-electron chi connectivity index (χ1n) is 8.14. The summed E-state index contributed by atoms with van der Waals surface area (Å²) in [7, 11) is -3.62. The van der Waals surface area contributed by atoms with Crippen LogP contribution in [0.3, 0.4) is 0 Å². The molecule has 0 fully saturated rings. The lowest BCUT2D eigenvalue weighted by Gasteiger charge is -2.11. The molecule has 4 aromatic rings. The third-order valence-electron chi connectivity index (χ3n) is 4.39. The fourth-order valence-corrected chi connectivity index (χ4v) is 4.69. The van der Waals surface area contributed by atoms with Crippen molar-refractivity contribution in [2.45, 2.75) is 11.8 Å². The number of fused-ring (bicyclic) bond motifs is 3. The van der Waals surface area contributed by atoms with Crippen LogP contribution in [0.4, 0.5) is 5.69 Å². The Morgan fingerprint density at radius 3 is 2.23 bits per heavy atom. The maximum absolute atomic E-state index is 12.6. The van der Waals surface area contributed by atoms with Crippen LogP contribution in [0.25, 0.3) is 21.5 Å². The average Bonchev–Trinajstić information content (AvgIpc) is 2.63. The van der Waals surface area contributed by atoms with Crippen molar-refractivity contribution in [1.29, 1.82) is 0 Å².